The number of rotatable bonds is 3. The molecule has 0 unspecified atom stereocenters. The number of carbonyl (C=O) groups is 1. The lowest BCUT2D eigenvalue weighted by Gasteiger charge is -2.25. The van der Waals surface area contributed by atoms with E-state index in [0.717, 1.165) is 6.20 Å². The Labute approximate surface area is 105 Å². The highest BCUT2D eigenvalue weighted by Crippen LogP contribution is 2.14. The molecule has 1 aromatic heterocycles. The van der Waals surface area contributed by atoms with Crippen LogP contribution in [0.4, 0.5) is 0 Å². The van der Waals surface area contributed by atoms with Gasteiger partial charge in [-0.3, -0.25) is 4.79 Å². The minimum Gasteiger partial charge on any atom is -0.379 e. The van der Waals surface area contributed by atoms with Crippen molar-refractivity contribution < 1.29 is 17.9 Å². The van der Waals surface area contributed by atoms with Crippen molar-refractivity contribution in [2.24, 2.45) is 5.73 Å². The van der Waals surface area contributed by atoms with Gasteiger partial charge in [-0.15, -0.1) is 0 Å². The van der Waals surface area contributed by atoms with E-state index in [1.807, 2.05) is 0 Å². The van der Waals surface area contributed by atoms with Crippen LogP contribution in [0, 0.1) is 0 Å². The number of nitrogens with zero attached hydrogens (tertiary/aromatic N) is 2. The number of hydrogen-bond donors (Lipinski definition) is 1. The third kappa shape index (κ3) is 2.50. The lowest BCUT2D eigenvalue weighted by Crippen LogP contribution is -2.40. The van der Waals surface area contributed by atoms with Crippen molar-refractivity contribution in [2.75, 3.05) is 26.3 Å². The predicted octanol–water partition coefficient (Wildman–Crippen LogP) is -0.799. The van der Waals surface area contributed by atoms with Gasteiger partial charge in [0.05, 0.1) is 18.8 Å². The Kier molecular flexibility index (Phi) is 3.60. The van der Waals surface area contributed by atoms with E-state index >= 15 is 0 Å². The topological polar surface area (TPSA) is 103 Å². The number of sulfonamides is 1. The quantitative estimate of drug-likeness (QED) is 0.775. The Bertz CT molecular complexity index is 535. The van der Waals surface area contributed by atoms with Crippen LogP contribution < -0.4 is 5.73 Å². The van der Waals surface area contributed by atoms with Gasteiger partial charge >= 0.3 is 0 Å². The maximum Gasteiger partial charge on any atom is 0.260 e. The van der Waals surface area contributed by atoms with E-state index in [2.05, 4.69) is 4.98 Å². The highest BCUT2D eigenvalue weighted by molar-refractivity contribution is 7.89. The van der Waals surface area contributed by atoms with Crippen LogP contribution in [0.25, 0.3) is 0 Å². The molecule has 98 valence electrons. The predicted molar refractivity (Wildman–Crippen MR) is 62.3 cm³/mol. The first-order chi connectivity index (χ1) is 8.51. The summed E-state index contributed by atoms with van der Waals surface area (Å²) in [7, 11) is -3.61. The standard InChI is InChI=1S/C10H13N3O4S/c11-10(14)8-1-2-9(12-7-8)18(15,16)13-3-5-17-6-4-13/h1-2,7H,3-6H2,(H2,11,14). The monoisotopic (exact) mass is 271 g/mol. The third-order valence-electron chi connectivity index (χ3n) is 2.60. The highest BCUT2D eigenvalue weighted by Gasteiger charge is 2.27. The molecule has 0 aromatic carbocycles. The number of pyridine rings is 1. The average Bonchev–Trinajstić information content (AvgIpc) is 2.40. The first-order valence-corrected chi connectivity index (χ1v) is 6.79. The molecule has 18 heavy (non-hydrogen) atoms. The number of hydrogen-bond acceptors (Lipinski definition) is 5. The molecule has 0 saturated carbocycles. The summed E-state index contributed by atoms with van der Waals surface area (Å²) >= 11 is 0. The molecule has 2 heterocycles. The van der Waals surface area contributed by atoms with Gasteiger partial charge in [0.15, 0.2) is 5.03 Å². The van der Waals surface area contributed by atoms with Gasteiger partial charge in [0.2, 0.25) is 5.91 Å². The Hall–Kier alpha value is -1.51. The third-order valence-corrected chi connectivity index (χ3v) is 4.41. The zero-order chi connectivity index (χ0) is 13.2. The molecule has 0 aliphatic carbocycles. The molecule has 7 nitrogen and oxygen atoms in total. The minimum atomic E-state index is -3.61. The molecule has 8 heteroatoms. The summed E-state index contributed by atoms with van der Waals surface area (Å²) in [6, 6.07) is 2.63. The van der Waals surface area contributed by atoms with Gasteiger partial charge in [0.25, 0.3) is 10.0 Å². The van der Waals surface area contributed by atoms with Crippen LogP contribution in [0.5, 0.6) is 0 Å². The molecular formula is C10H13N3O4S. The van der Waals surface area contributed by atoms with Crippen LogP contribution in [0.2, 0.25) is 0 Å². The van der Waals surface area contributed by atoms with Crippen LogP contribution in [-0.4, -0.2) is 49.9 Å². The van der Waals surface area contributed by atoms with Crippen LogP contribution in [-0.2, 0) is 14.8 Å². The van der Waals surface area contributed by atoms with Crippen molar-refractivity contribution in [3.8, 4) is 0 Å². The van der Waals surface area contributed by atoms with E-state index in [0.29, 0.717) is 26.3 Å². The summed E-state index contributed by atoms with van der Waals surface area (Å²) < 4.78 is 30.7. The molecule has 2 rings (SSSR count). The van der Waals surface area contributed by atoms with Gasteiger partial charge in [-0.2, -0.15) is 4.31 Å². The zero-order valence-electron chi connectivity index (χ0n) is 9.57. The fourth-order valence-corrected chi connectivity index (χ4v) is 2.92. The second-order valence-corrected chi connectivity index (χ2v) is 5.65. The number of morpholine rings is 1. The molecule has 2 N–H and O–H groups in total. The smallest absolute Gasteiger partial charge is 0.260 e. The number of aromatic nitrogens is 1. The minimum absolute atomic E-state index is 0.0885. The summed E-state index contributed by atoms with van der Waals surface area (Å²) in [5.74, 6) is -0.641. The van der Waals surface area contributed by atoms with Crippen molar-refractivity contribution in [3.05, 3.63) is 23.9 Å². The van der Waals surface area contributed by atoms with Gasteiger partial charge < -0.3 is 10.5 Å². The largest absolute Gasteiger partial charge is 0.379 e. The van der Waals surface area contributed by atoms with Crippen LogP contribution in [0.15, 0.2) is 23.4 Å². The molecule has 0 spiro atoms. The van der Waals surface area contributed by atoms with Crippen molar-refractivity contribution in [3.63, 3.8) is 0 Å². The zero-order valence-corrected chi connectivity index (χ0v) is 10.4. The van der Waals surface area contributed by atoms with Gasteiger partial charge in [-0.1, -0.05) is 0 Å². The Balaban J connectivity index is 2.26. The first-order valence-electron chi connectivity index (χ1n) is 5.35. The molecule has 1 aromatic rings. The van der Waals surface area contributed by atoms with E-state index in [1.165, 1.54) is 16.4 Å². The highest BCUT2D eigenvalue weighted by atomic mass is 32.2. The van der Waals surface area contributed by atoms with E-state index in [4.69, 9.17) is 10.5 Å². The summed E-state index contributed by atoms with van der Waals surface area (Å²) in [5.41, 5.74) is 5.24. The second-order valence-electron chi connectivity index (χ2n) is 3.77. The van der Waals surface area contributed by atoms with Crippen LogP contribution in [0.3, 0.4) is 0 Å². The average molecular weight is 271 g/mol. The van der Waals surface area contributed by atoms with Crippen LogP contribution >= 0.6 is 0 Å². The van der Waals surface area contributed by atoms with Crippen molar-refractivity contribution >= 4 is 15.9 Å². The molecule has 1 fully saturated rings. The number of primary amides is 1. The van der Waals surface area contributed by atoms with Crippen molar-refractivity contribution in [1.29, 1.82) is 0 Å². The van der Waals surface area contributed by atoms with E-state index in [1.54, 1.807) is 0 Å². The molecule has 1 amide bonds. The molecule has 0 atom stereocenters. The fourth-order valence-electron chi connectivity index (χ4n) is 1.60. The Morgan fingerprint density at radius 3 is 2.50 bits per heavy atom. The van der Waals surface area contributed by atoms with Gasteiger partial charge in [-0.25, -0.2) is 13.4 Å². The van der Waals surface area contributed by atoms with Gasteiger partial charge in [-0.05, 0) is 12.1 Å². The second kappa shape index (κ2) is 5.01. The van der Waals surface area contributed by atoms with E-state index < -0.39 is 15.9 Å². The SMILES string of the molecule is NC(=O)c1ccc(S(=O)(=O)N2CCOCC2)nc1. The molecule has 1 saturated heterocycles. The summed E-state index contributed by atoms with van der Waals surface area (Å²) in [4.78, 5) is 14.6. The van der Waals surface area contributed by atoms with E-state index in [-0.39, 0.29) is 10.6 Å². The Morgan fingerprint density at radius 1 is 1.33 bits per heavy atom. The number of carbonyl (C=O) groups excluding carboxylic acids is 1. The number of amides is 1. The first kappa shape index (κ1) is 12.9. The van der Waals surface area contributed by atoms with Gasteiger partial charge in [0, 0.05) is 19.3 Å². The molecule has 1 aliphatic heterocycles. The summed E-state index contributed by atoms with van der Waals surface area (Å²) in [5, 5.41) is -0.0885. The summed E-state index contributed by atoms with van der Waals surface area (Å²) in [6.45, 7) is 1.36. The molecule has 1 aliphatic rings. The Morgan fingerprint density at radius 2 is 2.00 bits per heavy atom. The summed E-state index contributed by atoms with van der Waals surface area (Å²) in [6.07, 6.45) is 1.16. The normalized spacial score (nSPS) is 17.6. The fraction of sp³-hybridized carbons (Fsp3) is 0.400. The van der Waals surface area contributed by atoms with Crippen LogP contribution in [0.1, 0.15) is 10.4 Å². The van der Waals surface area contributed by atoms with Crippen molar-refractivity contribution in [2.45, 2.75) is 5.03 Å². The van der Waals surface area contributed by atoms with Crippen molar-refractivity contribution in [1.82, 2.24) is 9.29 Å². The van der Waals surface area contributed by atoms with Gasteiger partial charge in [0.1, 0.15) is 0 Å². The lowest BCUT2D eigenvalue weighted by atomic mass is 10.3. The molecule has 0 radical (unpaired) electrons. The van der Waals surface area contributed by atoms with E-state index in [9.17, 15) is 13.2 Å². The maximum absolute atomic E-state index is 12.2. The maximum atomic E-state index is 12.2. The number of ether oxygens (including phenoxy) is 1. The number of nitrogens with two attached hydrogens (primary N) is 1. The molecule has 0 bridgehead atoms. The molecular weight excluding hydrogens is 258 g/mol. The lowest BCUT2D eigenvalue weighted by molar-refractivity contribution is 0.0729.